The van der Waals surface area contributed by atoms with Gasteiger partial charge in [0.05, 0.1) is 13.7 Å². The van der Waals surface area contributed by atoms with Gasteiger partial charge in [0.2, 0.25) is 0 Å². The summed E-state index contributed by atoms with van der Waals surface area (Å²) in [6.45, 7) is 2.76. The Morgan fingerprint density at radius 2 is 1.68 bits per heavy atom. The number of methoxy groups -OCH3 is 1. The molecule has 0 N–H and O–H groups in total. The third kappa shape index (κ3) is 2.90. The minimum absolute atomic E-state index is 0.733. The molecule has 0 unspecified atom stereocenters. The van der Waals surface area contributed by atoms with Gasteiger partial charge in [0.25, 0.3) is 0 Å². The van der Waals surface area contributed by atoms with Crippen LogP contribution in [0.1, 0.15) is 6.92 Å². The molecule has 3 aromatic rings. The third-order valence-electron chi connectivity index (χ3n) is 3.40. The van der Waals surface area contributed by atoms with Gasteiger partial charge in [-0.25, -0.2) is 0 Å². The number of rotatable bonds is 4. The van der Waals surface area contributed by atoms with Gasteiger partial charge in [-0.1, -0.05) is 28.1 Å². The molecule has 0 fully saturated rings. The predicted molar refractivity (Wildman–Crippen MR) is 90.8 cm³/mol. The fraction of sp³-hybridized carbons (Fsp3) is 0.176. The highest BCUT2D eigenvalue weighted by Gasteiger charge is 2.15. The average Bonchev–Trinajstić information content (AvgIpc) is 2.99. The molecule has 0 saturated carbocycles. The van der Waals surface area contributed by atoms with Gasteiger partial charge in [0, 0.05) is 15.6 Å². The van der Waals surface area contributed by atoms with Crippen molar-refractivity contribution in [1.82, 2.24) is 15.0 Å². The van der Waals surface area contributed by atoms with Crippen LogP contribution in [0.4, 0.5) is 0 Å². The number of halogens is 1. The molecule has 1 heterocycles. The first kappa shape index (κ1) is 14.8. The number of aryl methyl sites for hydroxylation is 1. The highest BCUT2D eigenvalue weighted by molar-refractivity contribution is 9.10. The van der Waals surface area contributed by atoms with Crippen molar-refractivity contribution in [2.75, 3.05) is 7.11 Å². The van der Waals surface area contributed by atoms with E-state index in [9.17, 15) is 0 Å². The largest absolute Gasteiger partial charge is 0.497 e. The second-order valence-corrected chi connectivity index (χ2v) is 5.74. The minimum atomic E-state index is 0.733. The van der Waals surface area contributed by atoms with E-state index in [2.05, 4.69) is 32.2 Å². The SMILES string of the molecule is CCn1nc(-c2ccc(OC)cc2)c(-c2cccc(Br)c2)n1. The van der Waals surface area contributed by atoms with Crippen molar-refractivity contribution in [3.8, 4) is 28.3 Å². The molecule has 0 atom stereocenters. The van der Waals surface area contributed by atoms with Crippen molar-refractivity contribution in [3.63, 3.8) is 0 Å². The third-order valence-corrected chi connectivity index (χ3v) is 3.89. The Morgan fingerprint density at radius 3 is 2.27 bits per heavy atom. The highest BCUT2D eigenvalue weighted by atomic mass is 79.9. The normalized spacial score (nSPS) is 10.7. The zero-order chi connectivity index (χ0) is 15.5. The number of nitrogens with zero attached hydrogens (tertiary/aromatic N) is 3. The lowest BCUT2D eigenvalue weighted by atomic mass is 10.1. The van der Waals surface area contributed by atoms with Crippen LogP contribution in [0.3, 0.4) is 0 Å². The monoisotopic (exact) mass is 357 g/mol. The molecule has 22 heavy (non-hydrogen) atoms. The fourth-order valence-corrected chi connectivity index (χ4v) is 2.66. The molecule has 0 amide bonds. The van der Waals surface area contributed by atoms with Gasteiger partial charge in [-0.05, 0) is 43.3 Å². The summed E-state index contributed by atoms with van der Waals surface area (Å²) < 4.78 is 6.24. The van der Waals surface area contributed by atoms with Gasteiger partial charge in [0.1, 0.15) is 17.1 Å². The lowest BCUT2D eigenvalue weighted by molar-refractivity contribution is 0.415. The molecule has 0 radical (unpaired) electrons. The maximum Gasteiger partial charge on any atom is 0.121 e. The van der Waals surface area contributed by atoms with Crippen LogP contribution in [0, 0.1) is 0 Å². The molecular weight excluding hydrogens is 342 g/mol. The number of aromatic nitrogens is 3. The molecule has 0 spiro atoms. The van der Waals surface area contributed by atoms with E-state index in [1.54, 1.807) is 11.9 Å². The Bertz CT molecular complexity index is 781. The van der Waals surface area contributed by atoms with Crippen LogP contribution in [-0.4, -0.2) is 22.1 Å². The predicted octanol–water partition coefficient (Wildman–Crippen LogP) is 4.40. The smallest absolute Gasteiger partial charge is 0.121 e. The Kier molecular flexibility index (Phi) is 4.24. The van der Waals surface area contributed by atoms with Gasteiger partial charge in [-0.2, -0.15) is 15.0 Å². The van der Waals surface area contributed by atoms with Crippen molar-refractivity contribution >= 4 is 15.9 Å². The van der Waals surface area contributed by atoms with Crippen LogP contribution in [-0.2, 0) is 6.54 Å². The second kappa shape index (κ2) is 6.32. The van der Waals surface area contributed by atoms with E-state index in [1.807, 2.05) is 49.4 Å². The standard InChI is InChI=1S/C17H16BrN3O/c1-3-21-19-16(12-7-9-15(22-2)10-8-12)17(20-21)13-5-4-6-14(18)11-13/h4-11H,3H2,1-2H3. The summed E-state index contributed by atoms with van der Waals surface area (Å²) in [6.07, 6.45) is 0. The van der Waals surface area contributed by atoms with E-state index >= 15 is 0 Å². The lowest BCUT2D eigenvalue weighted by Crippen LogP contribution is -1.98. The van der Waals surface area contributed by atoms with Crippen LogP contribution in [0.25, 0.3) is 22.5 Å². The number of hydrogen-bond donors (Lipinski definition) is 0. The summed E-state index contributed by atoms with van der Waals surface area (Å²) in [6, 6.07) is 16.0. The van der Waals surface area contributed by atoms with Gasteiger partial charge >= 0.3 is 0 Å². The van der Waals surface area contributed by atoms with E-state index in [1.165, 1.54) is 0 Å². The van der Waals surface area contributed by atoms with Crippen molar-refractivity contribution < 1.29 is 4.74 Å². The quantitative estimate of drug-likeness (QED) is 0.694. The molecule has 0 saturated heterocycles. The summed E-state index contributed by atoms with van der Waals surface area (Å²) in [5, 5.41) is 9.22. The fourth-order valence-electron chi connectivity index (χ4n) is 2.26. The minimum Gasteiger partial charge on any atom is -0.497 e. The Balaban J connectivity index is 2.12. The molecule has 4 nitrogen and oxygen atoms in total. The Labute approximate surface area is 137 Å². The van der Waals surface area contributed by atoms with Crippen LogP contribution in [0.5, 0.6) is 5.75 Å². The zero-order valence-corrected chi connectivity index (χ0v) is 14.0. The number of hydrogen-bond acceptors (Lipinski definition) is 3. The topological polar surface area (TPSA) is 39.9 Å². The van der Waals surface area contributed by atoms with Crippen LogP contribution >= 0.6 is 15.9 Å². The first-order chi connectivity index (χ1) is 10.7. The van der Waals surface area contributed by atoms with Crippen molar-refractivity contribution in [2.45, 2.75) is 13.5 Å². The van der Waals surface area contributed by atoms with Crippen molar-refractivity contribution in [1.29, 1.82) is 0 Å². The molecule has 1 aromatic heterocycles. The van der Waals surface area contributed by atoms with Gasteiger partial charge < -0.3 is 4.74 Å². The van der Waals surface area contributed by atoms with E-state index in [0.717, 1.165) is 39.3 Å². The molecule has 112 valence electrons. The summed E-state index contributed by atoms with van der Waals surface area (Å²) in [5.74, 6) is 0.829. The zero-order valence-electron chi connectivity index (χ0n) is 12.5. The maximum atomic E-state index is 5.21. The van der Waals surface area contributed by atoms with Gasteiger partial charge in [-0.3, -0.25) is 0 Å². The van der Waals surface area contributed by atoms with Crippen LogP contribution < -0.4 is 4.74 Å². The van der Waals surface area contributed by atoms with Crippen molar-refractivity contribution in [3.05, 3.63) is 53.0 Å². The van der Waals surface area contributed by atoms with E-state index in [-0.39, 0.29) is 0 Å². The Hall–Kier alpha value is -2.14. The lowest BCUT2D eigenvalue weighted by Gasteiger charge is -2.03. The molecule has 3 rings (SSSR count). The molecule has 0 aliphatic rings. The molecule has 2 aromatic carbocycles. The summed E-state index contributed by atoms with van der Waals surface area (Å²) in [4.78, 5) is 1.72. The molecule has 0 bridgehead atoms. The molecule has 0 aliphatic carbocycles. The first-order valence-corrected chi connectivity index (χ1v) is 7.86. The number of ether oxygens (including phenoxy) is 1. The summed E-state index contributed by atoms with van der Waals surface area (Å²) in [7, 11) is 1.66. The van der Waals surface area contributed by atoms with Crippen molar-refractivity contribution in [2.24, 2.45) is 0 Å². The number of benzene rings is 2. The van der Waals surface area contributed by atoms with E-state index in [0.29, 0.717) is 0 Å². The molecular formula is C17H16BrN3O. The molecule has 0 aliphatic heterocycles. The Morgan fingerprint density at radius 1 is 1.00 bits per heavy atom. The van der Waals surface area contributed by atoms with Gasteiger partial charge in [-0.15, -0.1) is 0 Å². The maximum absolute atomic E-state index is 5.21. The summed E-state index contributed by atoms with van der Waals surface area (Å²) in [5.41, 5.74) is 3.83. The van der Waals surface area contributed by atoms with Crippen LogP contribution in [0.15, 0.2) is 53.0 Å². The second-order valence-electron chi connectivity index (χ2n) is 4.82. The highest BCUT2D eigenvalue weighted by Crippen LogP contribution is 2.31. The van der Waals surface area contributed by atoms with Crippen LogP contribution in [0.2, 0.25) is 0 Å². The van der Waals surface area contributed by atoms with E-state index in [4.69, 9.17) is 4.74 Å². The summed E-state index contributed by atoms with van der Waals surface area (Å²) >= 11 is 3.51. The molecule has 5 heteroatoms. The van der Waals surface area contributed by atoms with E-state index < -0.39 is 0 Å². The first-order valence-electron chi connectivity index (χ1n) is 7.06. The van der Waals surface area contributed by atoms with Gasteiger partial charge in [0.15, 0.2) is 0 Å². The average molecular weight is 358 g/mol.